The van der Waals surface area contributed by atoms with E-state index in [0.29, 0.717) is 5.41 Å². The molecule has 0 saturated heterocycles. The molecule has 0 aliphatic heterocycles. The molecule has 2 atom stereocenters. The fourth-order valence-electron chi connectivity index (χ4n) is 1.30. The van der Waals surface area contributed by atoms with Crippen LogP contribution in [0.2, 0.25) is 0 Å². The predicted molar refractivity (Wildman–Crippen MR) is 47.8 cm³/mol. The molecule has 0 amide bonds. The van der Waals surface area contributed by atoms with E-state index in [1.54, 1.807) is 0 Å². The molecule has 0 aromatic rings. The lowest BCUT2D eigenvalue weighted by Crippen LogP contribution is -2.23. The first-order valence-electron chi connectivity index (χ1n) is 4.41. The molecule has 0 aromatic carbocycles. The molecule has 0 spiro atoms. The van der Waals surface area contributed by atoms with Gasteiger partial charge in [0.2, 0.25) is 0 Å². The summed E-state index contributed by atoms with van der Waals surface area (Å²) >= 11 is 0. The monoisotopic (exact) mass is 141 g/mol. The van der Waals surface area contributed by atoms with E-state index < -0.39 is 0 Å². The van der Waals surface area contributed by atoms with Crippen molar-refractivity contribution in [2.24, 2.45) is 11.3 Å². The van der Waals surface area contributed by atoms with Crippen molar-refractivity contribution in [1.29, 1.82) is 0 Å². The maximum atomic E-state index is 2.35. The van der Waals surface area contributed by atoms with Crippen molar-refractivity contribution in [3.05, 3.63) is 6.42 Å². The molecule has 0 heterocycles. The zero-order chi connectivity index (χ0) is 8.20. The Morgan fingerprint density at radius 1 is 1.40 bits per heavy atom. The van der Waals surface area contributed by atoms with Crippen LogP contribution in [0, 0.1) is 17.8 Å². The van der Waals surface area contributed by atoms with Gasteiger partial charge in [-0.1, -0.05) is 47.5 Å². The minimum atomic E-state index is 0.467. The number of rotatable bonds is 4. The minimum absolute atomic E-state index is 0.467. The zero-order valence-electron chi connectivity index (χ0n) is 8.07. The van der Waals surface area contributed by atoms with Crippen molar-refractivity contribution in [3.8, 4) is 0 Å². The van der Waals surface area contributed by atoms with Crippen LogP contribution in [-0.4, -0.2) is 0 Å². The van der Waals surface area contributed by atoms with Gasteiger partial charge in [-0.3, -0.25) is 0 Å². The average molecular weight is 141 g/mol. The standard InChI is InChI=1S/C10H21/c1-6-9(4)10(5,7-2)8-3/h7,9H,6,8H2,1-5H3. The normalized spacial score (nSPS) is 15.3. The van der Waals surface area contributed by atoms with Crippen LogP contribution in [0.4, 0.5) is 0 Å². The van der Waals surface area contributed by atoms with Crippen molar-refractivity contribution in [2.75, 3.05) is 0 Å². The molecular weight excluding hydrogens is 120 g/mol. The van der Waals surface area contributed by atoms with Crippen LogP contribution in [0.3, 0.4) is 0 Å². The number of hydrogen-bond donors (Lipinski definition) is 0. The highest BCUT2D eigenvalue weighted by atomic mass is 14.3. The van der Waals surface area contributed by atoms with E-state index in [1.165, 1.54) is 12.8 Å². The SMILES string of the molecule is C[CH]C(C)(CC)C(C)CC. The van der Waals surface area contributed by atoms with Crippen LogP contribution in [0.1, 0.15) is 47.5 Å². The van der Waals surface area contributed by atoms with E-state index in [-0.39, 0.29) is 0 Å². The van der Waals surface area contributed by atoms with Gasteiger partial charge in [-0.25, -0.2) is 0 Å². The van der Waals surface area contributed by atoms with Gasteiger partial charge < -0.3 is 0 Å². The highest BCUT2D eigenvalue weighted by molar-refractivity contribution is 4.87. The van der Waals surface area contributed by atoms with E-state index in [2.05, 4.69) is 41.0 Å². The van der Waals surface area contributed by atoms with Crippen molar-refractivity contribution >= 4 is 0 Å². The minimum Gasteiger partial charge on any atom is -0.0651 e. The van der Waals surface area contributed by atoms with Gasteiger partial charge in [0, 0.05) is 0 Å². The Morgan fingerprint density at radius 2 is 1.90 bits per heavy atom. The Morgan fingerprint density at radius 3 is 2.00 bits per heavy atom. The van der Waals surface area contributed by atoms with Crippen molar-refractivity contribution in [2.45, 2.75) is 47.5 Å². The lowest BCUT2D eigenvalue weighted by molar-refractivity contribution is 0.234. The first-order valence-corrected chi connectivity index (χ1v) is 4.41. The van der Waals surface area contributed by atoms with Gasteiger partial charge in [-0.2, -0.15) is 0 Å². The lowest BCUT2D eigenvalue weighted by Gasteiger charge is -2.32. The second-order valence-corrected chi connectivity index (χ2v) is 3.46. The van der Waals surface area contributed by atoms with Crippen LogP contribution in [0.5, 0.6) is 0 Å². The molecule has 0 bridgehead atoms. The second kappa shape index (κ2) is 4.00. The second-order valence-electron chi connectivity index (χ2n) is 3.46. The molecule has 0 heteroatoms. The van der Waals surface area contributed by atoms with Gasteiger partial charge in [-0.05, 0) is 17.8 Å². The highest BCUT2D eigenvalue weighted by Crippen LogP contribution is 2.35. The Bertz CT molecular complexity index is 80.0. The largest absolute Gasteiger partial charge is 0.0651 e. The summed E-state index contributed by atoms with van der Waals surface area (Å²) in [6, 6.07) is 0. The molecule has 0 nitrogen and oxygen atoms in total. The van der Waals surface area contributed by atoms with E-state index >= 15 is 0 Å². The molecule has 1 radical (unpaired) electrons. The summed E-state index contributed by atoms with van der Waals surface area (Å²) in [6.45, 7) is 11.4. The first-order chi connectivity index (χ1) is 4.60. The molecule has 0 aliphatic rings. The van der Waals surface area contributed by atoms with Crippen molar-refractivity contribution < 1.29 is 0 Å². The van der Waals surface area contributed by atoms with Crippen LogP contribution in [-0.2, 0) is 0 Å². The van der Waals surface area contributed by atoms with Crippen LogP contribution < -0.4 is 0 Å². The predicted octanol–water partition coefficient (Wildman–Crippen LogP) is 3.67. The quantitative estimate of drug-likeness (QED) is 0.560. The third-order valence-electron chi connectivity index (χ3n) is 3.16. The molecule has 0 aromatic heterocycles. The summed E-state index contributed by atoms with van der Waals surface area (Å²) in [7, 11) is 0. The van der Waals surface area contributed by atoms with Crippen LogP contribution in [0.15, 0.2) is 0 Å². The van der Waals surface area contributed by atoms with E-state index in [9.17, 15) is 0 Å². The lowest BCUT2D eigenvalue weighted by atomic mass is 9.73. The summed E-state index contributed by atoms with van der Waals surface area (Å²) in [4.78, 5) is 0. The summed E-state index contributed by atoms with van der Waals surface area (Å²) < 4.78 is 0. The Labute approximate surface area is 66.0 Å². The van der Waals surface area contributed by atoms with Gasteiger partial charge in [0.25, 0.3) is 0 Å². The van der Waals surface area contributed by atoms with Gasteiger partial charge in [-0.15, -0.1) is 0 Å². The third-order valence-corrected chi connectivity index (χ3v) is 3.16. The summed E-state index contributed by atoms with van der Waals surface area (Å²) in [5, 5.41) is 0. The van der Waals surface area contributed by atoms with Gasteiger partial charge in [0.05, 0.1) is 0 Å². The van der Waals surface area contributed by atoms with E-state index in [4.69, 9.17) is 0 Å². The molecule has 2 unspecified atom stereocenters. The number of hydrogen-bond acceptors (Lipinski definition) is 0. The van der Waals surface area contributed by atoms with Crippen molar-refractivity contribution in [3.63, 3.8) is 0 Å². The van der Waals surface area contributed by atoms with Gasteiger partial charge in [0.15, 0.2) is 0 Å². The summed E-state index contributed by atoms with van der Waals surface area (Å²) in [5.74, 6) is 0.822. The zero-order valence-corrected chi connectivity index (χ0v) is 8.07. The molecule has 0 fully saturated rings. The van der Waals surface area contributed by atoms with Crippen LogP contribution >= 0.6 is 0 Å². The highest BCUT2D eigenvalue weighted by Gasteiger charge is 2.25. The van der Waals surface area contributed by atoms with Crippen LogP contribution in [0.25, 0.3) is 0 Å². The maximum Gasteiger partial charge on any atom is -0.0274 e. The van der Waals surface area contributed by atoms with E-state index in [0.717, 1.165) is 5.92 Å². The smallest absolute Gasteiger partial charge is 0.0274 e. The molecule has 0 N–H and O–H groups in total. The van der Waals surface area contributed by atoms with Gasteiger partial charge >= 0.3 is 0 Å². The molecule has 10 heavy (non-hydrogen) atoms. The average Bonchev–Trinajstić information content (AvgIpc) is 2.01. The Kier molecular flexibility index (Phi) is 4.00. The first kappa shape index (κ1) is 10.0. The fourth-order valence-corrected chi connectivity index (χ4v) is 1.30. The Balaban J connectivity index is 4.02. The van der Waals surface area contributed by atoms with Crippen molar-refractivity contribution in [1.82, 2.24) is 0 Å². The van der Waals surface area contributed by atoms with Gasteiger partial charge in [0.1, 0.15) is 0 Å². The maximum absolute atomic E-state index is 2.35. The molecule has 0 saturated carbocycles. The molecular formula is C10H21. The molecule has 0 aliphatic carbocycles. The summed E-state index contributed by atoms with van der Waals surface area (Å²) in [5.41, 5.74) is 0.467. The fraction of sp³-hybridized carbons (Fsp3) is 0.900. The topological polar surface area (TPSA) is 0 Å². The summed E-state index contributed by atoms with van der Waals surface area (Å²) in [6.07, 6.45) is 4.90. The molecule has 0 rings (SSSR count). The third kappa shape index (κ3) is 2.00. The molecule has 61 valence electrons. The Hall–Kier alpha value is 0. The van der Waals surface area contributed by atoms with E-state index in [1.807, 2.05) is 0 Å².